The van der Waals surface area contributed by atoms with Gasteiger partial charge in [-0.2, -0.15) is 0 Å². The Bertz CT molecular complexity index is 740. The number of likely N-dealkylation sites (N-methyl/N-ethyl adjacent to an activating group) is 1. The molecule has 1 saturated heterocycles. The van der Waals surface area contributed by atoms with Crippen LogP contribution in [0, 0.1) is 29.6 Å². The van der Waals surface area contributed by atoms with Crippen LogP contribution >= 0.6 is 0 Å². The molecule has 5 nitrogen and oxygen atoms in total. The van der Waals surface area contributed by atoms with Crippen molar-refractivity contribution in [3.63, 3.8) is 0 Å². The lowest BCUT2D eigenvalue weighted by atomic mass is 9.58. The van der Waals surface area contributed by atoms with Gasteiger partial charge in [0.15, 0.2) is 0 Å². The Labute approximate surface area is 226 Å². The van der Waals surface area contributed by atoms with E-state index >= 15 is 0 Å². The molecule has 0 aromatic rings. The number of rotatable bonds is 5. The highest BCUT2D eigenvalue weighted by Gasteiger charge is 2.55. The normalized spacial score (nSPS) is 47.8. The Morgan fingerprint density at radius 1 is 0.730 bits per heavy atom. The zero-order valence-electron chi connectivity index (χ0n) is 24.0. The van der Waals surface area contributed by atoms with E-state index in [9.17, 15) is 0 Å². The van der Waals surface area contributed by atoms with E-state index in [1.807, 2.05) is 14.2 Å². The molecule has 0 radical (unpaired) electrons. The molecule has 37 heavy (non-hydrogen) atoms. The average Bonchev–Trinajstić information content (AvgIpc) is 2.97. The van der Waals surface area contributed by atoms with Crippen LogP contribution in [0.3, 0.4) is 0 Å². The Balaban J connectivity index is 1.28. The van der Waals surface area contributed by atoms with Crippen LogP contribution in [0.4, 0.5) is 0 Å². The van der Waals surface area contributed by atoms with Gasteiger partial charge in [0.1, 0.15) is 0 Å². The monoisotopic (exact) mass is 514 g/mol. The molecule has 0 aromatic carbocycles. The SMILES string of the molecule is COC1CCC(C2(C3CCC(OC)CC3)C=CC3C(CC(N4CCN(C)CC4)C4CCCCC34)O2)CC1. The predicted molar refractivity (Wildman–Crippen MR) is 149 cm³/mol. The van der Waals surface area contributed by atoms with Crippen LogP contribution in [0.5, 0.6) is 0 Å². The van der Waals surface area contributed by atoms with Crippen molar-refractivity contribution in [3.8, 4) is 0 Å². The van der Waals surface area contributed by atoms with Crippen molar-refractivity contribution in [2.45, 2.75) is 113 Å². The van der Waals surface area contributed by atoms with Crippen LogP contribution < -0.4 is 0 Å². The van der Waals surface area contributed by atoms with E-state index in [1.54, 1.807) is 0 Å². The molecule has 0 bridgehead atoms. The van der Waals surface area contributed by atoms with E-state index in [0.717, 1.165) is 17.9 Å². The van der Waals surface area contributed by atoms with Crippen LogP contribution in [0.1, 0.15) is 83.5 Å². The van der Waals surface area contributed by atoms with Gasteiger partial charge < -0.3 is 19.1 Å². The van der Waals surface area contributed by atoms with Crippen LogP contribution in [0.15, 0.2) is 12.2 Å². The zero-order chi connectivity index (χ0) is 25.4. The summed E-state index contributed by atoms with van der Waals surface area (Å²) < 4.78 is 19.2. The fraction of sp³-hybridized carbons (Fsp3) is 0.938. The number of ether oxygens (including phenoxy) is 3. The molecular weight excluding hydrogens is 460 g/mol. The Morgan fingerprint density at radius 2 is 1.30 bits per heavy atom. The summed E-state index contributed by atoms with van der Waals surface area (Å²) in [4.78, 5) is 5.40. The van der Waals surface area contributed by atoms with Crippen molar-refractivity contribution in [1.29, 1.82) is 0 Å². The van der Waals surface area contributed by atoms with Gasteiger partial charge in [-0.25, -0.2) is 0 Å². The summed E-state index contributed by atoms with van der Waals surface area (Å²) in [5.74, 6) is 3.58. The first kappa shape index (κ1) is 26.7. The van der Waals surface area contributed by atoms with Crippen LogP contribution in [-0.2, 0) is 14.2 Å². The summed E-state index contributed by atoms with van der Waals surface area (Å²) in [5.41, 5.74) is -0.0766. The molecule has 0 aromatic heterocycles. The van der Waals surface area contributed by atoms with Crippen molar-refractivity contribution in [2.24, 2.45) is 29.6 Å². The quantitative estimate of drug-likeness (QED) is 0.451. The molecule has 5 fully saturated rings. The van der Waals surface area contributed by atoms with Crippen molar-refractivity contribution in [2.75, 3.05) is 47.4 Å². The maximum atomic E-state index is 7.68. The van der Waals surface area contributed by atoms with Crippen LogP contribution in [0.25, 0.3) is 0 Å². The smallest absolute Gasteiger partial charge is 0.0922 e. The highest BCUT2D eigenvalue weighted by atomic mass is 16.5. The van der Waals surface area contributed by atoms with E-state index in [-0.39, 0.29) is 5.60 Å². The van der Waals surface area contributed by atoms with E-state index in [4.69, 9.17) is 14.2 Å². The zero-order valence-corrected chi connectivity index (χ0v) is 24.0. The summed E-state index contributed by atoms with van der Waals surface area (Å²) in [6.45, 7) is 4.92. The Hall–Kier alpha value is -0.460. The molecule has 6 aliphatic rings. The Morgan fingerprint density at radius 3 is 1.86 bits per heavy atom. The first-order valence-corrected chi connectivity index (χ1v) is 16.0. The lowest BCUT2D eigenvalue weighted by molar-refractivity contribution is -0.199. The minimum Gasteiger partial charge on any atom is -0.381 e. The highest BCUT2D eigenvalue weighted by molar-refractivity contribution is 5.19. The van der Waals surface area contributed by atoms with Gasteiger partial charge in [-0.05, 0) is 101 Å². The molecule has 210 valence electrons. The number of fused-ring (bicyclic) bond motifs is 3. The predicted octanol–water partition coefficient (Wildman–Crippen LogP) is 5.53. The molecule has 0 N–H and O–H groups in total. The fourth-order valence-corrected chi connectivity index (χ4v) is 9.82. The average molecular weight is 515 g/mol. The molecule has 6 rings (SSSR count). The summed E-state index contributed by atoms with van der Waals surface area (Å²) >= 11 is 0. The van der Waals surface area contributed by atoms with Gasteiger partial charge >= 0.3 is 0 Å². The molecule has 0 spiro atoms. The Kier molecular flexibility index (Phi) is 8.36. The van der Waals surface area contributed by atoms with Gasteiger partial charge in [-0.1, -0.05) is 25.0 Å². The fourth-order valence-electron chi connectivity index (χ4n) is 9.82. The second kappa shape index (κ2) is 11.6. The van der Waals surface area contributed by atoms with Gasteiger partial charge in [0.2, 0.25) is 0 Å². The third-order valence-electron chi connectivity index (χ3n) is 12.0. The maximum Gasteiger partial charge on any atom is 0.0922 e. The molecule has 5 atom stereocenters. The molecule has 4 aliphatic carbocycles. The topological polar surface area (TPSA) is 34.2 Å². The first-order valence-electron chi connectivity index (χ1n) is 16.0. The van der Waals surface area contributed by atoms with Crippen molar-refractivity contribution in [3.05, 3.63) is 12.2 Å². The maximum absolute atomic E-state index is 7.68. The minimum atomic E-state index is -0.0766. The van der Waals surface area contributed by atoms with Crippen molar-refractivity contribution < 1.29 is 14.2 Å². The first-order chi connectivity index (χ1) is 18.1. The van der Waals surface area contributed by atoms with E-state index in [0.29, 0.717) is 36.1 Å². The van der Waals surface area contributed by atoms with Gasteiger partial charge in [-0.15, -0.1) is 0 Å². The van der Waals surface area contributed by atoms with E-state index in [2.05, 4.69) is 29.0 Å². The number of nitrogens with zero attached hydrogens (tertiary/aromatic N) is 2. The van der Waals surface area contributed by atoms with E-state index in [1.165, 1.54) is 110 Å². The lowest BCUT2D eigenvalue weighted by Gasteiger charge is -2.58. The van der Waals surface area contributed by atoms with Gasteiger partial charge in [0, 0.05) is 52.4 Å². The number of piperazine rings is 1. The molecule has 0 amide bonds. The molecule has 2 aliphatic heterocycles. The second-order valence-electron chi connectivity index (χ2n) is 13.6. The summed E-state index contributed by atoms with van der Waals surface area (Å²) in [6.07, 6.45) is 23.4. The van der Waals surface area contributed by atoms with Gasteiger partial charge in [0.05, 0.1) is 23.9 Å². The largest absolute Gasteiger partial charge is 0.381 e. The highest BCUT2D eigenvalue weighted by Crippen LogP contribution is 2.55. The summed E-state index contributed by atoms with van der Waals surface area (Å²) in [6, 6.07) is 0.720. The van der Waals surface area contributed by atoms with Gasteiger partial charge in [-0.3, -0.25) is 4.90 Å². The molecule has 5 heteroatoms. The molecule has 2 heterocycles. The lowest BCUT2D eigenvalue weighted by Crippen LogP contribution is -2.61. The minimum absolute atomic E-state index is 0.0766. The van der Waals surface area contributed by atoms with Crippen molar-refractivity contribution in [1.82, 2.24) is 9.80 Å². The third-order valence-corrected chi connectivity index (χ3v) is 12.0. The molecule has 4 saturated carbocycles. The van der Waals surface area contributed by atoms with Crippen LogP contribution in [-0.4, -0.2) is 87.2 Å². The molecular formula is C32H54N2O3. The number of hydrogen-bond donors (Lipinski definition) is 0. The number of hydrogen-bond acceptors (Lipinski definition) is 5. The summed E-state index contributed by atoms with van der Waals surface area (Å²) in [5, 5.41) is 0. The molecule has 5 unspecified atom stereocenters. The van der Waals surface area contributed by atoms with E-state index < -0.39 is 0 Å². The second-order valence-corrected chi connectivity index (χ2v) is 13.6. The summed E-state index contributed by atoms with van der Waals surface area (Å²) in [7, 11) is 6.09. The van der Waals surface area contributed by atoms with Gasteiger partial charge in [0.25, 0.3) is 0 Å². The van der Waals surface area contributed by atoms with Crippen molar-refractivity contribution >= 4 is 0 Å². The third kappa shape index (κ3) is 5.22. The standard InChI is InChI=1S/C32H54N2O3/c1-33-18-20-34(21-19-33)30-22-31-29(27-6-4-5-7-28(27)30)16-17-32(37-31,23-8-12-25(35-2)13-9-23)24-10-14-26(36-3)15-11-24/h16-17,23-31H,4-15,18-22H2,1-3H3. The van der Waals surface area contributed by atoms with Crippen LogP contribution in [0.2, 0.25) is 0 Å². The number of methoxy groups -OCH3 is 2.